The fourth-order valence-electron chi connectivity index (χ4n) is 1.45. The van der Waals surface area contributed by atoms with Crippen LogP contribution in [0.5, 0.6) is 5.75 Å². The van der Waals surface area contributed by atoms with E-state index in [0.29, 0.717) is 0 Å². The highest BCUT2D eigenvalue weighted by atomic mass is 16.5. The largest absolute Gasteiger partial charge is 0.483 e. The van der Waals surface area contributed by atoms with Gasteiger partial charge in [-0.2, -0.15) is 0 Å². The number of hydrogen-bond acceptors (Lipinski definition) is 4. The smallest absolute Gasteiger partial charge is 0.339 e. The van der Waals surface area contributed by atoms with E-state index in [2.05, 4.69) is 11.9 Å². The molecule has 0 unspecified atom stereocenters. The zero-order valence-corrected chi connectivity index (χ0v) is 11.5. The Bertz CT molecular complexity index is 568. The Morgan fingerprint density at radius 2 is 2.10 bits per heavy atom. The maximum Gasteiger partial charge on any atom is 0.339 e. The molecule has 0 aliphatic carbocycles. The van der Waals surface area contributed by atoms with Gasteiger partial charge >= 0.3 is 12.0 Å². The maximum absolute atomic E-state index is 11.5. The summed E-state index contributed by atoms with van der Waals surface area (Å²) in [7, 11) is 0. The van der Waals surface area contributed by atoms with Crippen LogP contribution in [0, 0.1) is 6.92 Å². The molecule has 0 aromatic heterocycles. The Morgan fingerprint density at radius 3 is 2.71 bits per heavy atom. The topological polar surface area (TPSA) is 105 Å². The molecule has 3 amide bonds. The molecule has 1 rings (SSSR count). The van der Waals surface area contributed by atoms with Gasteiger partial charge in [-0.25, -0.2) is 9.59 Å². The Hall–Kier alpha value is -2.83. The Morgan fingerprint density at radius 1 is 1.38 bits per heavy atom. The fourth-order valence-corrected chi connectivity index (χ4v) is 1.45. The molecule has 0 aliphatic heterocycles. The first-order valence-corrected chi connectivity index (χ1v) is 6.09. The lowest BCUT2D eigenvalue weighted by atomic mass is 10.1. The third-order valence-electron chi connectivity index (χ3n) is 2.38. The molecule has 0 heterocycles. The van der Waals surface area contributed by atoms with Gasteiger partial charge < -0.3 is 15.2 Å². The van der Waals surface area contributed by atoms with Crippen molar-refractivity contribution in [2.45, 2.75) is 6.92 Å². The van der Waals surface area contributed by atoms with Crippen LogP contribution in [0.3, 0.4) is 0 Å². The van der Waals surface area contributed by atoms with E-state index in [1.807, 2.05) is 5.32 Å². The van der Waals surface area contributed by atoms with Gasteiger partial charge in [0.05, 0.1) is 0 Å². The van der Waals surface area contributed by atoms with Crippen molar-refractivity contribution in [3.05, 3.63) is 42.0 Å². The number of carboxylic acids is 1. The van der Waals surface area contributed by atoms with E-state index in [-0.39, 0.29) is 17.9 Å². The van der Waals surface area contributed by atoms with Crippen molar-refractivity contribution in [2.24, 2.45) is 0 Å². The van der Waals surface area contributed by atoms with E-state index in [0.717, 1.165) is 5.56 Å². The maximum atomic E-state index is 11.5. The molecular formula is C14H16N2O5. The molecular weight excluding hydrogens is 276 g/mol. The zero-order chi connectivity index (χ0) is 15.8. The number of benzene rings is 1. The van der Waals surface area contributed by atoms with E-state index in [9.17, 15) is 14.4 Å². The predicted molar refractivity (Wildman–Crippen MR) is 75.4 cm³/mol. The van der Waals surface area contributed by atoms with Crippen LogP contribution in [0.4, 0.5) is 4.79 Å². The van der Waals surface area contributed by atoms with Crippen LogP contribution in [-0.4, -0.2) is 36.2 Å². The molecule has 0 bridgehead atoms. The van der Waals surface area contributed by atoms with Crippen molar-refractivity contribution in [3.63, 3.8) is 0 Å². The first-order valence-electron chi connectivity index (χ1n) is 6.09. The van der Waals surface area contributed by atoms with Gasteiger partial charge in [0.25, 0.3) is 5.91 Å². The SMILES string of the molecule is C=CCNC(=O)NC(=O)COc1ccc(C)cc1C(=O)O. The number of urea groups is 1. The van der Waals surface area contributed by atoms with Crippen LogP contribution in [0.2, 0.25) is 0 Å². The van der Waals surface area contributed by atoms with E-state index in [1.54, 1.807) is 13.0 Å². The third kappa shape index (κ3) is 5.35. The Kier molecular flexibility index (Phi) is 5.94. The van der Waals surface area contributed by atoms with Crippen LogP contribution in [-0.2, 0) is 4.79 Å². The van der Waals surface area contributed by atoms with Gasteiger partial charge in [0.15, 0.2) is 6.61 Å². The number of carbonyl (C=O) groups excluding carboxylic acids is 2. The summed E-state index contributed by atoms with van der Waals surface area (Å²) >= 11 is 0. The second kappa shape index (κ2) is 7.68. The lowest BCUT2D eigenvalue weighted by Crippen LogP contribution is -2.41. The molecule has 7 nitrogen and oxygen atoms in total. The summed E-state index contributed by atoms with van der Waals surface area (Å²) < 4.78 is 5.13. The number of rotatable bonds is 6. The van der Waals surface area contributed by atoms with E-state index >= 15 is 0 Å². The molecule has 0 saturated heterocycles. The Labute approximate surface area is 121 Å². The molecule has 1 aromatic carbocycles. The minimum Gasteiger partial charge on any atom is -0.483 e. The zero-order valence-electron chi connectivity index (χ0n) is 11.5. The molecule has 1 aromatic rings. The second-order valence-corrected chi connectivity index (χ2v) is 4.14. The Balaban J connectivity index is 2.59. The number of amides is 3. The third-order valence-corrected chi connectivity index (χ3v) is 2.38. The molecule has 3 N–H and O–H groups in total. The molecule has 21 heavy (non-hydrogen) atoms. The lowest BCUT2D eigenvalue weighted by molar-refractivity contribution is -0.122. The minimum absolute atomic E-state index is 0.0427. The average Bonchev–Trinajstić information content (AvgIpc) is 2.43. The van der Waals surface area contributed by atoms with Crippen molar-refractivity contribution in [1.82, 2.24) is 10.6 Å². The summed E-state index contributed by atoms with van der Waals surface area (Å²) in [6, 6.07) is 3.89. The summed E-state index contributed by atoms with van der Waals surface area (Å²) in [4.78, 5) is 33.7. The number of ether oxygens (including phenoxy) is 1. The molecule has 112 valence electrons. The van der Waals surface area contributed by atoms with E-state index in [4.69, 9.17) is 9.84 Å². The quantitative estimate of drug-likeness (QED) is 0.681. The average molecular weight is 292 g/mol. The van der Waals surface area contributed by atoms with Crippen molar-refractivity contribution >= 4 is 17.9 Å². The van der Waals surface area contributed by atoms with Crippen LogP contribution in [0.1, 0.15) is 15.9 Å². The summed E-state index contributed by atoms with van der Waals surface area (Å²) in [6.07, 6.45) is 1.46. The molecule has 7 heteroatoms. The minimum atomic E-state index is -1.15. The number of nitrogens with one attached hydrogen (secondary N) is 2. The van der Waals surface area contributed by atoms with Gasteiger partial charge in [-0.3, -0.25) is 10.1 Å². The van der Waals surface area contributed by atoms with E-state index < -0.39 is 24.5 Å². The van der Waals surface area contributed by atoms with E-state index in [1.165, 1.54) is 18.2 Å². The van der Waals surface area contributed by atoms with Crippen LogP contribution in [0.15, 0.2) is 30.9 Å². The number of carboxylic acid groups (broad SMARTS) is 1. The van der Waals surface area contributed by atoms with Gasteiger partial charge in [-0.15, -0.1) is 6.58 Å². The highest BCUT2D eigenvalue weighted by molar-refractivity contribution is 5.95. The molecule has 0 radical (unpaired) electrons. The fraction of sp³-hybridized carbons (Fsp3) is 0.214. The summed E-state index contributed by atoms with van der Waals surface area (Å²) in [5.41, 5.74) is 0.715. The molecule has 0 fully saturated rings. The number of aryl methyl sites for hydroxylation is 1. The van der Waals surface area contributed by atoms with Crippen molar-refractivity contribution in [1.29, 1.82) is 0 Å². The number of carbonyl (C=O) groups is 3. The van der Waals surface area contributed by atoms with Crippen LogP contribution in [0.25, 0.3) is 0 Å². The first-order chi connectivity index (χ1) is 9.93. The van der Waals surface area contributed by atoms with Gasteiger partial charge in [-0.1, -0.05) is 17.7 Å². The second-order valence-electron chi connectivity index (χ2n) is 4.14. The number of hydrogen-bond donors (Lipinski definition) is 3. The summed E-state index contributed by atoms with van der Waals surface area (Å²) in [5, 5.41) is 13.4. The lowest BCUT2D eigenvalue weighted by Gasteiger charge is -2.10. The molecule has 0 spiro atoms. The number of aromatic carboxylic acids is 1. The predicted octanol–water partition coefficient (Wildman–Crippen LogP) is 1.08. The van der Waals surface area contributed by atoms with Crippen molar-refractivity contribution in [3.8, 4) is 5.75 Å². The van der Waals surface area contributed by atoms with Gasteiger partial charge in [0.1, 0.15) is 11.3 Å². The monoisotopic (exact) mass is 292 g/mol. The van der Waals surface area contributed by atoms with Crippen LogP contribution >= 0.6 is 0 Å². The normalized spacial score (nSPS) is 9.57. The number of imide groups is 1. The molecule has 0 atom stereocenters. The highest BCUT2D eigenvalue weighted by Crippen LogP contribution is 2.19. The van der Waals surface area contributed by atoms with Crippen LogP contribution < -0.4 is 15.4 Å². The summed E-state index contributed by atoms with van der Waals surface area (Å²) in [5.74, 6) is -1.78. The summed E-state index contributed by atoms with van der Waals surface area (Å²) in [6.45, 7) is 4.91. The van der Waals surface area contributed by atoms with Gasteiger partial charge in [0.2, 0.25) is 0 Å². The standard InChI is InChI=1S/C14H16N2O5/c1-3-6-15-14(20)16-12(17)8-21-11-5-4-9(2)7-10(11)13(18)19/h3-5,7H,1,6,8H2,2H3,(H,18,19)(H2,15,16,17,20). The molecule has 0 saturated carbocycles. The van der Waals surface area contributed by atoms with Gasteiger partial charge in [0, 0.05) is 6.54 Å². The van der Waals surface area contributed by atoms with Crippen molar-refractivity contribution < 1.29 is 24.2 Å². The van der Waals surface area contributed by atoms with Crippen molar-refractivity contribution in [2.75, 3.05) is 13.2 Å². The molecule has 0 aliphatic rings. The van der Waals surface area contributed by atoms with Gasteiger partial charge in [-0.05, 0) is 19.1 Å². The first kappa shape index (κ1) is 16.2. The highest BCUT2D eigenvalue weighted by Gasteiger charge is 2.13.